The van der Waals surface area contributed by atoms with E-state index >= 15 is 0 Å². The van der Waals surface area contributed by atoms with Gasteiger partial charge >= 0.3 is 6.09 Å². The van der Waals surface area contributed by atoms with Crippen LogP contribution in [0.2, 0.25) is 0 Å². The van der Waals surface area contributed by atoms with Gasteiger partial charge in [0.1, 0.15) is 6.10 Å². The predicted molar refractivity (Wildman–Crippen MR) is 85.0 cm³/mol. The first kappa shape index (κ1) is 16.6. The Labute approximate surface area is 141 Å². The smallest absolute Gasteiger partial charge is 0.409 e. The molecule has 1 aliphatic heterocycles. The number of unbranched alkanes of at least 4 members (excludes halogenated alkanes) is 1. The summed E-state index contributed by atoms with van der Waals surface area (Å²) in [6.07, 6.45) is 3.23. The fourth-order valence-corrected chi connectivity index (χ4v) is 3.38. The third-order valence-electron chi connectivity index (χ3n) is 4.71. The van der Waals surface area contributed by atoms with E-state index < -0.39 is 5.82 Å². The van der Waals surface area contributed by atoms with Crippen molar-refractivity contribution >= 4 is 6.09 Å². The third kappa shape index (κ3) is 3.30. The van der Waals surface area contributed by atoms with Crippen molar-refractivity contribution in [3.05, 3.63) is 29.6 Å². The van der Waals surface area contributed by atoms with Gasteiger partial charge in [0.15, 0.2) is 11.6 Å². The molecule has 0 unspecified atom stereocenters. The number of nitriles is 1. The van der Waals surface area contributed by atoms with Gasteiger partial charge in [0.25, 0.3) is 0 Å². The van der Waals surface area contributed by atoms with Crippen LogP contribution in [0.4, 0.5) is 9.18 Å². The van der Waals surface area contributed by atoms with E-state index in [0.29, 0.717) is 19.7 Å². The first-order chi connectivity index (χ1) is 11.5. The second kappa shape index (κ2) is 6.68. The number of hydrogen-bond acceptors (Lipinski definition) is 4. The van der Waals surface area contributed by atoms with Gasteiger partial charge < -0.3 is 14.4 Å². The molecule has 1 amide bonds. The molecule has 1 aliphatic carbocycles. The van der Waals surface area contributed by atoms with Crippen molar-refractivity contribution in [3.8, 4) is 11.8 Å². The molecule has 0 N–H and O–H groups in total. The summed E-state index contributed by atoms with van der Waals surface area (Å²) in [7, 11) is 0. The Morgan fingerprint density at radius 1 is 1.46 bits per heavy atom. The van der Waals surface area contributed by atoms with Crippen molar-refractivity contribution in [1.29, 1.82) is 5.26 Å². The van der Waals surface area contributed by atoms with Crippen molar-refractivity contribution in [2.45, 2.75) is 38.7 Å². The molecule has 1 aromatic carbocycles. The maximum Gasteiger partial charge on any atom is 0.409 e. The maximum absolute atomic E-state index is 13.8. The van der Waals surface area contributed by atoms with Gasteiger partial charge in [0.05, 0.1) is 18.2 Å². The fourth-order valence-electron chi connectivity index (χ4n) is 3.38. The highest BCUT2D eigenvalue weighted by Gasteiger charge is 2.55. The van der Waals surface area contributed by atoms with Crippen molar-refractivity contribution < 1.29 is 18.7 Å². The molecule has 24 heavy (non-hydrogen) atoms. The molecule has 2 aliphatic rings. The van der Waals surface area contributed by atoms with Crippen LogP contribution >= 0.6 is 0 Å². The Morgan fingerprint density at radius 3 is 2.83 bits per heavy atom. The van der Waals surface area contributed by atoms with Gasteiger partial charge in [-0.05, 0) is 37.5 Å². The van der Waals surface area contributed by atoms with Crippen LogP contribution in [0.1, 0.15) is 38.2 Å². The average molecular weight is 332 g/mol. The van der Waals surface area contributed by atoms with Crippen LogP contribution in [0.15, 0.2) is 18.2 Å². The van der Waals surface area contributed by atoms with E-state index in [-0.39, 0.29) is 28.9 Å². The van der Waals surface area contributed by atoms with Gasteiger partial charge in [-0.2, -0.15) is 5.26 Å². The zero-order valence-corrected chi connectivity index (χ0v) is 13.8. The number of likely N-dealkylation sites (tertiary alicyclic amines) is 1. The second-order valence-corrected chi connectivity index (χ2v) is 6.73. The number of hydrogen-bond donors (Lipinski definition) is 0. The van der Waals surface area contributed by atoms with Gasteiger partial charge in [-0.15, -0.1) is 0 Å². The van der Waals surface area contributed by atoms with Crippen LogP contribution in [0, 0.1) is 22.6 Å². The van der Waals surface area contributed by atoms with Crippen molar-refractivity contribution in [2.75, 3.05) is 19.7 Å². The van der Waals surface area contributed by atoms with E-state index in [1.807, 2.05) is 6.07 Å². The number of amides is 1. The number of benzene rings is 1. The summed E-state index contributed by atoms with van der Waals surface area (Å²) < 4.78 is 24.7. The molecule has 1 heterocycles. The standard InChI is InChI=1S/C18H21FN2O3/c1-2-3-6-23-17(22)21-11-18(12-21)8-14(9-18)24-16-5-4-13(10-20)7-15(16)19/h4-5,7,14H,2-3,6,8-9,11-12H2,1H3. The van der Waals surface area contributed by atoms with E-state index in [2.05, 4.69) is 6.92 Å². The van der Waals surface area contributed by atoms with Gasteiger partial charge in [-0.25, -0.2) is 9.18 Å². The molecule has 2 fully saturated rings. The van der Waals surface area contributed by atoms with E-state index in [9.17, 15) is 9.18 Å². The minimum absolute atomic E-state index is 0.0364. The topological polar surface area (TPSA) is 62.6 Å². The number of nitrogens with zero attached hydrogens (tertiary/aromatic N) is 2. The highest BCUT2D eigenvalue weighted by atomic mass is 19.1. The van der Waals surface area contributed by atoms with Crippen molar-refractivity contribution in [3.63, 3.8) is 0 Å². The molecular weight excluding hydrogens is 311 g/mol. The lowest BCUT2D eigenvalue weighted by molar-refractivity contribution is -0.110. The monoisotopic (exact) mass is 332 g/mol. The Hall–Kier alpha value is -2.29. The van der Waals surface area contributed by atoms with Crippen LogP contribution in [0.3, 0.4) is 0 Å². The molecule has 5 nitrogen and oxygen atoms in total. The number of ether oxygens (including phenoxy) is 2. The number of carbonyl (C=O) groups is 1. The van der Waals surface area contributed by atoms with E-state index in [1.54, 1.807) is 11.0 Å². The molecule has 0 aromatic heterocycles. The maximum atomic E-state index is 13.8. The minimum atomic E-state index is -0.510. The highest BCUT2D eigenvalue weighted by molar-refractivity contribution is 5.69. The van der Waals surface area contributed by atoms with Crippen LogP contribution in [0.5, 0.6) is 5.75 Å². The van der Waals surface area contributed by atoms with Crippen molar-refractivity contribution in [1.82, 2.24) is 4.90 Å². The van der Waals surface area contributed by atoms with Crippen molar-refractivity contribution in [2.24, 2.45) is 5.41 Å². The first-order valence-corrected chi connectivity index (χ1v) is 8.33. The molecule has 128 valence electrons. The lowest BCUT2D eigenvalue weighted by Crippen LogP contribution is -2.65. The molecule has 0 radical (unpaired) electrons. The zero-order chi connectivity index (χ0) is 17.2. The Balaban J connectivity index is 1.42. The largest absolute Gasteiger partial charge is 0.487 e. The summed E-state index contributed by atoms with van der Waals surface area (Å²) in [5, 5.41) is 8.74. The Bertz CT molecular complexity index is 657. The lowest BCUT2D eigenvalue weighted by atomic mass is 9.62. The summed E-state index contributed by atoms with van der Waals surface area (Å²) >= 11 is 0. The summed E-state index contributed by atoms with van der Waals surface area (Å²) in [6, 6.07) is 6.12. The Morgan fingerprint density at radius 2 is 2.21 bits per heavy atom. The molecule has 1 spiro atoms. The van der Waals surface area contributed by atoms with E-state index in [1.165, 1.54) is 12.1 Å². The molecule has 3 rings (SSSR count). The van der Waals surface area contributed by atoms with E-state index in [0.717, 1.165) is 25.7 Å². The molecular formula is C18H21FN2O3. The first-order valence-electron chi connectivity index (χ1n) is 8.33. The van der Waals surface area contributed by atoms with Gasteiger partial charge in [-0.1, -0.05) is 13.3 Å². The predicted octanol–water partition coefficient (Wildman–Crippen LogP) is 3.48. The number of halogens is 1. The van der Waals surface area contributed by atoms with Crippen LogP contribution < -0.4 is 4.74 Å². The number of carbonyl (C=O) groups excluding carboxylic acids is 1. The van der Waals surface area contributed by atoms with Crippen LogP contribution in [-0.4, -0.2) is 36.8 Å². The van der Waals surface area contributed by atoms with Gasteiger partial charge in [-0.3, -0.25) is 0 Å². The highest BCUT2D eigenvalue weighted by Crippen LogP contribution is 2.49. The normalized spacial score (nSPS) is 18.5. The second-order valence-electron chi connectivity index (χ2n) is 6.73. The zero-order valence-electron chi connectivity index (χ0n) is 13.8. The summed E-state index contributed by atoms with van der Waals surface area (Å²) in [6.45, 7) is 3.90. The van der Waals surface area contributed by atoms with E-state index in [4.69, 9.17) is 14.7 Å². The Kier molecular flexibility index (Phi) is 4.61. The molecule has 1 saturated carbocycles. The fraction of sp³-hybridized carbons (Fsp3) is 0.556. The quantitative estimate of drug-likeness (QED) is 0.775. The molecule has 0 atom stereocenters. The molecule has 6 heteroatoms. The van der Waals surface area contributed by atoms with Gasteiger partial charge in [0, 0.05) is 18.5 Å². The molecule has 1 saturated heterocycles. The SMILES string of the molecule is CCCCOC(=O)N1CC2(CC(Oc3ccc(C#N)cc3F)C2)C1. The summed E-state index contributed by atoms with van der Waals surface area (Å²) in [5.74, 6) is -0.325. The summed E-state index contributed by atoms with van der Waals surface area (Å²) in [5.41, 5.74) is 0.387. The minimum Gasteiger partial charge on any atom is -0.487 e. The summed E-state index contributed by atoms with van der Waals surface area (Å²) in [4.78, 5) is 13.5. The van der Waals surface area contributed by atoms with Gasteiger partial charge in [0.2, 0.25) is 0 Å². The third-order valence-corrected chi connectivity index (χ3v) is 4.71. The van der Waals surface area contributed by atoms with Crippen LogP contribution in [-0.2, 0) is 4.74 Å². The van der Waals surface area contributed by atoms with Crippen LogP contribution in [0.25, 0.3) is 0 Å². The molecule has 1 aromatic rings. The average Bonchev–Trinajstić information content (AvgIpc) is 2.49. The number of rotatable bonds is 5. The molecule has 0 bridgehead atoms. The lowest BCUT2D eigenvalue weighted by Gasteiger charge is -2.57.